The number of Topliss-reactive ketones (excluding diaryl/α,β-unsaturated/α-hetero) is 1. The average molecular weight is 363 g/mol. The van der Waals surface area contributed by atoms with Crippen molar-refractivity contribution >= 4 is 17.8 Å². The topological polar surface area (TPSA) is 81.7 Å². The standard InChI is InChI=1S/C20H29NO5/c1-6-14-8-9-15(7-2)16(12-14)17(22)13-25-18(23)10-11-21-19(24)26-20(3,4)5/h8-9,12H,6-7,10-11,13H2,1-5H3,(H,21,24). The molecule has 0 aliphatic heterocycles. The summed E-state index contributed by atoms with van der Waals surface area (Å²) in [6.45, 7) is 9.05. The minimum Gasteiger partial charge on any atom is -0.457 e. The van der Waals surface area contributed by atoms with E-state index in [1.807, 2.05) is 32.0 Å². The molecule has 0 unspecified atom stereocenters. The second-order valence-electron chi connectivity index (χ2n) is 6.96. The predicted molar refractivity (Wildman–Crippen MR) is 99.3 cm³/mol. The van der Waals surface area contributed by atoms with Crippen molar-refractivity contribution in [2.75, 3.05) is 13.2 Å². The zero-order chi connectivity index (χ0) is 19.7. The Bertz CT molecular complexity index is 646. The molecule has 6 heteroatoms. The monoisotopic (exact) mass is 363 g/mol. The van der Waals surface area contributed by atoms with Gasteiger partial charge >= 0.3 is 12.1 Å². The van der Waals surface area contributed by atoms with E-state index in [1.54, 1.807) is 20.8 Å². The number of benzene rings is 1. The van der Waals surface area contributed by atoms with Crippen molar-refractivity contribution in [1.29, 1.82) is 0 Å². The van der Waals surface area contributed by atoms with E-state index in [2.05, 4.69) is 5.32 Å². The summed E-state index contributed by atoms with van der Waals surface area (Å²) in [6.07, 6.45) is 0.951. The van der Waals surface area contributed by atoms with Crippen LogP contribution >= 0.6 is 0 Å². The van der Waals surface area contributed by atoms with Gasteiger partial charge in [-0.15, -0.1) is 0 Å². The number of amides is 1. The maximum atomic E-state index is 12.4. The van der Waals surface area contributed by atoms with Crippen LogP contribution in [0.15, 0.2) is 18.2 Å². The number of rotatable bonds is 8. The summed E-state index contributed by atoms with van der Waals surface area (Å²) >= 11 is 0. The third-order valence-corrected chi connectivity index (χ3v) is 3.63. The third-order valence-electron chi connectivity index (χ3n) is 3.63. The molecular weight excluding hydrogens is 334 g/mol. The first-order valence-corrected chi connectivity index (χ1v) is 8.93. The molecule has 0 heterocycles. The molecule has 1 rings (SSSR count). The highest BCUT2D eigenvalue weighted by atomic mass is 16.6. The van der Waals surface area contributed by atoms with Crippen LogP contribution in [-0.2, 0) is 27.1 Å². The lowest BCUT2D eigenvalue weighted by molar-refractivity contribution is -0.142. The van der Waals surface area contributed by atoms with Crippen molar-refractivity contribution in [3.8, 4) is 0 Å². The van der Waals surface area contributed by atoms with E-state index in [9.17, 15) is 14.4 Å². The molecule has 0 spiro atoms. The number of esters is 1. The molecule has 0 saturated heterocycles. The van der Waals surface area contributed by atoms with Gasteiger partial charge in [0.2, 0.25) is 5.78 Å². The van der Waals surface area contributed by atoms with Gasteiger partial charge in [0.15, 0.2) is 6.61 Å². The van der Waals surface area contributed by atoms with E-state index in [0.29, 0.717) is 5.56 Å². The number of carbonyl (C=O) groups is 3. The maximum absolute atomic E-state index is 12.4. The van der Waals surface area contributed by atoms with Gasteiger partial charge in [0.25, 0.3) is 0 Å². The van der Waals surface area contributed by atoms with E-state index in [4.69, 9.17) is 9.47 Å². The highest BCUT2D eigenvalue weighted by Crippen LogP contribution is 2.15. The summed E-state index contributed by atoms with van der Waals surface area (Å²) in [7, 11) is 0. The maximum Gasteiger partial charge on any atom is 0.407 e. The molecule has 0 aliphatic rings. The molecule has 0 bridgehead atoms. The molecule has 0 saturated carbocycles. The van der Waals surface area contributed by atoms with Crippen LogP contribution in [0, 0.1) is 0 Å². The van der Waals surface area contributed by atoms with E-state index < -0.39 is 17.7 Å². The third kappa shape index (κ3) is 7.68. The highest BCUT2D eigenvalue weighted by Gasteiger charge is 2.17. The second kappa shape index (κ2) is 9.94. The van der Waals surface area contributed by atoms with Gasteiger partial charge in [0, 0.05) is 12.1 Å². The Morgan fingerprint density at radius 1 is 1.08 bits per heavy atom. The van der Waals surface area contributed by atoms with E-state index >= 15 is 0 Å². The smallest absolute Gasteiger partial charge is 0.407 e. The molecule has 144 valence electrons. The van der Waals surface area contributed by atoms with Crippen molar-refractivity contribution < 1.29 is 23.9 Å². The van der Waals surface area contributed by atoms with E-state index in [-0.39, 0.29) is 25.4 Å². The molecule has 1 amide bonds. The van der Waals surface area contributed by atoms with Gasteiger partial charge in [-0.2, -0.15) is 0 Å². The van der Waals surface area contributed by atoms with Crippen LogP contribution in [0.2, 0.25) is 0 Å². The number of hydrogen-bond acceptors (Lipinski definition) is 5. The van der Waals surface area contributed by atoms with Crippen LogP contribution in [0.1, 0.15) is 62.5 Å². The van der Waals surface area contributed by atoms with Crippen LogP contribution in [0.5, 0.6) is 0 Å². The number of alkyl carbamates (subject to hydrolysis) is 1. The number of ketones is 1. The van der Waals surface area contributed by atoms with Crippen molar-refractivity contribution in [2.24, 2.45) is 0 Å². The molecule has 26 heavy (non-hydrogen) atoms. The molecule has 1 N–H and O–H groups in total. The lowest BCUT2D eigenvalue weighted by Gasteiger charge is -2.19. The first-order chi connectivity index (χ1) is 12.2. The minimum absolute atomic E-state index is 0.0256. The average Bonchev–Trinajstić information content (AvgIpc) is 2.57. The number of ether oxygens (including phenoxy) is 2. The molecule has 0 radical (unpaired) electrons. The van der Waals surface area contributed by atoms with Gasteiger partial charge in [-0.3, -0.25) is 9.59 Å². The Kier molecular flexibility index (Phi) is 8.29. The summed E-state index contributed by atoms with van der Waals surface area (Å²) in [5, 5.41) is 2.48. The normalized spacial score (nSPS) is 11.0. The van der Waals surface area contributed by atoms with Gasteiger partial charge in [-0.05, 0) is 50.8 Å². The van der Waals surface area contributed by atoms with Crippen molar-refractivity contribution in [3.63, 3.8) is 0 Å². The Hall–Kier alpha value is -2.37. The zero-order valence-corrected chi connectivity index (χ0v) is 16.3. The Morgan fingerprint density at radius 3 is 2.35 bits per heavy atom. The van der Waals surface area contributed by atoms with Gasteiger partial charge in [0.1, 0.15) is 5.60 Å². The molecule has 0 fully saturated rings. The van der Waals surface area contributed by atoms with Crippen molar-refractivity contribution in [1.82, 2.24) is 5.32 Å². The lowest BCUT2D eigenvalue weighted by atomic mass is 9.98. The lowest BCUT2D eigenvalue weighted by Crippen LogP contribution is -2.33. The van der Waals surface area contributed by atoms with Crippen LogP contribution in [0.4, 0.5) is 4.79 Å². The Labute approximate surface area is 155 Å². The molecule has 1 aromatic rings. The molecule has 0 aliphatic carbocycles. The fraction of sp³-hybridized carbons (Fsp3) is 0.550. The molecule has 1 aromatic carbocycles. The first-order valence-electron chi connectivity index (χ1n) is 8.93. The van der Waals surface area contributed by atoms with Crippen LogP contribution in [0.3, 0.4) is 0 Å². The van der Waals surface area contributed by atoms with E-state index in [0.717, 1.165) is 24.0 Å². The number of carbonyl (C=O) groups excluding carboxylic acids is 3. The molecule has 0 atom stereocenters. The van der Waals surface area contributed by atoms with Crippen molar-refractivity contribution in [3.05, 3.63) is 34.9 Å². The van der Waals surface area contributed by atoms with Gasteiger partial charge in [-0.25, -0.2) is 4.79 Å². The quantitative estimate of drug-likeness (QED) is 0.565. The van der Waals surface area contributed by atoms with E-state index in [1.165, 1.54) is 0 Å². The SMILES string of the molecule is CCc1ccc(CC)c(C(=O)COC(=O)CCNC(=O)OC(C)(C)C)c1. The van der Waals surface area contributed by atoms with Gasteiger partial charge < -0.3 is 14.8 Å². The molecular formula is C20H29NO5. The Morgan fingerprint density at radius 2 is 1.77 bits per heavy atom. The van der Waals surface area contributed by atoms with Crippen LogP contribution < -0.4 is 5.32 Å². The summed E-state index contributed by atoms with van der Waals surface area (Å²) < 4.78 is 10.1. The highest BCUT2D eigenvalue weighted by molar-refractivity contribution is 5.99. The summed E-state index contributed by atoms with van der Waals surface area (Å²) in [5.74, 6) is -0.760. The molecule has 0 aromatic heterocycles. The summed E-state index contributed by atoms with van der Waals surface area (Å²) in [4.78, 5) is 35.6. The molecule has 6 nitrogen and oxygen atoms in total. The van der Waals surface area contributed by atoms with Crippen molar-refractivity contribution in [2.45, 2.75) is 59.5 Å². The zero-order valence-electron chi connectivity index (χ0n) is 16.3. The first kappa shape index (κ1) is 21.7. The van der Waals surface area contributed by atoms with Crippen LogP contribution in [0.25, 0.3) is 0 Å². The summed E-state index contributed by atoms with van der Waals surface area (Å²) in [6, 6.07) is 5.81. The number of hydrogen-bond donors (Lipinski definition) is 1. The minimum atomic E-state index is -0.596. The predicted octanol–water partition coefficient (Wildman–Crippen LogP) is 3.45. The van der Waals surface area contributed by atoms with Gasteiger partial charge in [0.05, 0.1) is 6.42 Å². The fourth-order valence-electron chi connectivity index (χ4n) is 2.29. The number of nitrogens with one attached hydrogen (secondary N) is 1. The Balaban J connectivity index is 2.45. The summed E-state index contributed by atoms with van der Waals surface area (Å²) in [5.41, 5.74) is 2.01. The van der Waals surface area contributed by atoms with Gasteiger partial charge in [-0.1, -0.05) is 26.0 Å². The largest absolute Gasteiger partial charge is 0.457 e. The fourth-order valence-corrected chi connectivity index (χ4v) is 2.29. The second-order valence-corrected chi connectivity index (χ2v) is 6.96. The van der Waals surface area contributed by atoms with Crippen LogP contribution in [-0.4, -0.2) is 36.6 Å². The number of aryl methyl sites for hydroxylation is 2.